The maximum Gasteiger partial charge on any atom is 0.303 e. The van der Waals surface area contributed by atoms with Crippen LogP contribution in [0.5, 0.6) is 0 Å². The summed E-state index contributed by atoms with van der Waals surface area (Å²) in [6, 6.07) is 0. The van der Waals surface area contributed by atoms with Gasteiger partial charge < -0.3 is 14.6 Å². The van der Waals surface area contributed by atoms with E-state index < -0.39 is 51.7 Å². The molecular formula is C24H30F2O5S. The van der Waals surface area contributed by atoms with Gasteiger partial charge in [-0.05, 0) is 62.4 Å². The zero-order valence-corrected chi connectivity index (χ0v) is 19.9. The number of alkyl halides is 1. The second kappa shape index (κ2) is 7.16. The zero-order valence-electron chi connectivity index (χ0n) is 19.0. The monoisotopic (exact) mass is 468 g/mol. The lowest BCUT2D eigenvalue weighted by molar-refractivity contribution is -0.217. The number of aliphatic hydroxyl groups is 1. The minimum Gasteiger partial charge on any atom is -0.487 e. The smallest absolute Gasteiger partial charge is 0.303 e. The molecule has 4 aliphatic rings. The first-order chi connectivity index (χ1) is 14.8. The minimum absolute atomic E-state index is 0.0436. The van der Waals surface area contributed by atoms with Crippen LogP contribution in [0.1, 0.15) is 53.4 Å². The van der Waals surface area contributed by atoms with Crippen molar-refractivity contribution in [3.8, 4) is 0 Å². The summed E-state index contributed by atoms with van der Waals surface area (Å²) in [5.41, 5.74) is -5.67. The average Bonchev–Trinajstić information content (AvgIpc) is 2.93. The van der Waals surface area contributed by atoms with Gasteiger partial charge in [-0.25, -0.2) is 8.78 Å². The highest BCUT2D eigenvalue weighted by atomic mass is 32.1. The van der Waals surface area contributed by atoms with Crippen LogP contribution in [0.15, 0.2) is 23.6 Å². The van der Waals surface area contributed by atoms with E-state index >= 15 is 4.39 Å². The van der Waals surface area contributed by atoms with Crippen LogP contribution in [0.25, 0.3) is 0 Å². The molecule has 0 aromatic heterocycles. The van der Waals surface area contributed by atoms with E-state index in [1.165, 1.54) is 20.1 Å². The number of ketones is 1. The molecule has 0 aliphatic heterocycles. The topological polar surface area (TPSA) is 72.8 Å². The van der Waals surface area contributed by atoms with E-state index in [9.17, 15) is 19.1 Å². The predicted octanol–water partition coefficient (Wildman–Crippen LogP) is 4.18. The molecule has 3 fully saturated rings. The van der Waals surface area contributed by atoms with Gasteiger partial charge in [-0.15, -0.1) is 0 Å². The third-order valence-electron chi connectivity index (χ3n) is 9.07. The molecule has 4 aliphatic carbocycles. The molecule has 0 bridgehead atoms. The average molecular weight is 469 g/mol. The third-order valence-corrected chi connectivity index (χ3v) is 9.54. The highest BCUT2D eigenvalue weighted by molar-refractivity contribution is 7.80. The van der Waals surface area contributed by atoms with Crippen molar-refractivity contribution in [1.82, 2.24) is 0 Å². The summed E-state index contributed by atoms with van der Waals surface area (Å²) in [7, 11) is 1.42. The van der Waals surface area contributed by atoms with Crippen LogP contribution in [0.4, 0.5) is 8.78 Å². The van der Waals surface area contributed by atoms with Crippen LogP contribution in [0.2, 0.25) is 0 Å². The Morgan fingerprint density at radius 1 is 1.31 bits per heavy atom. The van der Waals surface area contributed by atoms with Crippen molar-refractivity contribution >= 4 is 29.0 Å². The van der Waals surface area contributed by atoms with Crippen molar-refractivity contribution in [1.29, 1.82) is 0 Å². The summed E-state index contributed by atoms with van der Waals surface area (Å²) >= 11 is 5.54. The molecule has 3 saturated carbocycles. The van der Waals surface area contributed by atoms with Gasteiger partial charge in [0.1, 0.15) is 0 Å². The van der Waals surface area contributed by atoms with Crippen molar-refractivity contribution in [3.63, 3.8) is 0 Å². The number of aliphatic hydroxyl groups excluding tert-OH is 1. The Morgan fingerprint density at radius 2 is 1.97 bits per heavy atom. The number of hydrogen-bond acceptors (Lipinski definition) is 6. The number of fused-ring (bicyclic) bond motifs is 5. The van der Waals surface area contributed by atoms with E-state index in [2.05, 4.69) is 0 Å². The number of allylic oxidation sites excluding steroid dienone is 4. The van der Waals surface area contributed by atoms with E-state index in [1.807, 2.05) is 13.8 Å². The van der Waals surface area contributed by atoms with E-state index in [4.69, 9.17) is 21.7 Å². The summed E-state index contributed by atoms with van der Waals surface area (Å²) in [5.74, 6) is -3.42. The zero-order chi connectivity index (χ0) is 23.9. The summed E-state index contributed by atoms with van der Waals surface area (Å²) < 4.78 is 43.3. The predicted molar refractivity (Wildman–Crippen MR) is 117 cm³/mol. The molecule has 0 unspecified atom stereocenters. The number of esters is 1. The number of rotatable bonds is 2. The van der Waals surface area contributed by atoms with Gasteiger partial charge >= 0.3 is 5.97 Å². The molecule has 0 aromatic rings. The molecular weight excluding hydrogens is 438 g/mol. The lowest BCUT2D eigenvalue weighted by Gasteiger charge is -2.62. The van der Waals surface area contributed by atoms with Gasteiger partial charge in [0.05, 0.1) is 13.2 Å². The van der Waals surface area contributed by atoms with Gasteiger partial charge in [-0.1, -0.05) is 19.9 Å². The standard InChI is InChI=1S/C24H30F2O5S/c1-12-10-16-14-6-7-15-19(25)17(28)8-9-21(15,3)23(14,26)18(29)11-22(16,4)24(12,20(32)30-5)31-13(2)27/h8-9,12,14,16,18,29H,6-7,10-11H2,1-5H3/t12-,14-,16-,18-,21-,22-,23-,24-/m0/s1. The largest absolute Gasteiger partial charge is 0.487 e. The first-order valence-corrected chi connectivity index (χ1v) is 11.5. The van der Waals surface area contributed by atoms with Crippen molar-refractivity contribution in [2.75, 3.05) is 7.11 Å². The molecule has 32 heavy (non-hydrogen) atoms. The molecule has 8 atom stereocenters. The fourth-order valence-corrected chi connectivity index (χ4v) is 8.16. The van der Waals surface area contributed by atoms with Gasteiger partial charge in [0.15, 0.2) is 17.1 Å². The first-order valence-electron chi connectivity index (χ1n) is 11.1. The van der Waals surface area contributed by atoms with Crippen LogP contribution in [-0.2, 0) is 19.1 Å². The molecule has 8 heteroatoms. The highest BCUT2D eigenvalue weighted by Crippen LogP contribution is 2.71. The van der Waals surface area contributed by atoms with Crippen LogP contribution >= 0.6 is 12.2 Å². The summed E-state index contributed by atoms with van der Waals surface area (Å²) in [5, 5.41) is 11.5. The molecule has 0 saturated heterocycles. The summed E-state index contributed by atoms with van der Waals surface area (Å²) in [4.78, 5) is 24.1. The Kier molecular flexibility index (Phi) is 5.26. The SMILES string of the molecule is COC(=S)[C@@]1(OC(C)=O)[C@@H](C)C[C@H]2[C@@H]3CCC4=C(F)C(=O)C=C[C@]4(C)[C@@]3(F)[C@@H](O)C[C@@]21C. The molecule has 176 valence electrons. The maximum atomic E-state index is 17.2. The van der Waals surface area contributed by atoms with Crippen molar-refractivity contribution in [3.05, 3.63) is 23.6 Å². The van der Waals surface area contributed by atoms with Crippen LogP contribution in [0, 0.1) is 28.6 Å². The molecule has 0 heterocycles. The fourth-order valence-electron chi connectivity index (χ4n) is 7.68. The second-order valence-electron chi connectivity index (χ2n) is 10.3. The van der Waals surface area contributed by atoms with E-state index in [1.54, 1.807) is 6.92 Å². The van der Waals surface area contributed by atoms with Gasteiger partial charge in [0, 0.05) is 29.6 Å². The first kappa shape index (κ1) is 23.5. The Balaban J connectivity index is 1.88. The van der Waals surface area contributed by atoms with Gasteiger partial charge in [-0.3, -0.25) is 9.59 Å². The lowest BCUT2D eigenvalue weighted by Crippen LogP contribution is -2.69. The lowest BCUT2D eigenvalue weighted by atomic mass is 9.44. The van der Waals surface area contributed by atoms with Gasteiger partial charge in [0.2, 0.25) is 10.8 Å². The number of carbonyl (C=O) groups is 2. The third kappa shape index (κ3) is 2.54. The van der Waals surface area contributed by atoms with Crippen LogP contribution in [0.3, 0.4) is 0 Å². The van der Waals surface area contributed by atoms with Crippen molar-refractivity contribution in [2.24, 2.45) is 28.6 Å². The van der Waals surface area contributed by atoms with Gasteiger partial charge in [-0.2, -0.15) is 0 Å². The second-order valence-corrected chi connectivity index (χ2v) is 10.7. The summed E-state index contributed by atoms with van der Waals surface area (Å²) in [6.45, 7) is 6.65. The number of ether oxygens (including phenoxy) is 2. The maximum absolute atomic E-state index is 17.2. The Labute approximate surface area is 192 Å². The molecule has 5 nitrogen and oxygen atoms in total. The van der Waals surface area contributed by atoms with E-state index in [-0.39, 0.29) is 41.7 Å². The van der Waals surface area contributed by atoms with Crippen LogP contribution in [-0.4, -0.2) is 46.4 Å². The van der Waals surface area contributed by atoms with Crippen LogP contribution < -0.4 is 0 Å². The molecule has 0 aromatic carbocycles. The minimum atomic E-state index is -2.18. The molecule has 0 radical (unpaired) electrons. The number of hydrogen-bond donors (Lipinski definition) is 1. The molecule has 1 N–H and O–H groups in total. The van der Waals surface area contributed by atoms with Crippen molar-refractivity contribution in [2.45, 2.75) is 70.8 Å². The van der Waals surface area contributed by atoms with E-state index in [0.29, 0.717) is 6.42 Å². The number of methoxy groups -OCH3 is 1. The number of thiocarbonyl (C=S) groups is 1. The normalized spacial score (nSPS) is 47.4. The summed E-state index contributed by atoms with van der Waals surface area (Å²) in [6.07, 6.45) is 1.97. The molecule has 0 spiro atoms. The Bertz CT molecular complexity index is 962. The van der Waals surface area contributed by atoms with Crippen molar-refractivity contribution < 1.29 is 33.0 Å². The van der Waals surface area contributed by atoms with E-state index in [0.717, 1.165) is 6.08 Å². The molecule has 4 rings (SSSR count). The Hall–Kier alpha value is -1.67. The van der Waals surface area contributed by atoms with Gasteiger partial charge in [0.25, 0.3) is 0 Å². The number of halogens is 2. The quantitative estimate of drug-likeness (QED) is 0.484. The number of carbonyl (C=O) groups excluding carboxylic acids is 2. The fraction of sp³-hybridized carbons (Fsp3) is 0.708. The highest BCUT2D eigenvalue weighted by Gasteiger charge is 2.77. The Morgan fingerprint density at radius 3 is 2.56 bits per heavy atom. The molecule has 0 amide bonds.